The average Bonchev–Trinajstić information content (AvgIpc) is 2.33. The van der Waals surface area contributed by atoms with E-state index >= 15 is 0 Å². The molecule has 0 unspecified atom stereocenters. The third-order valence-electron chi connectivity index (χ3n) is 2.15. The van der Waals surface area contributed by atoms with Crippen molar-refractivity contribution < 1.29 is 4.74 Å². The summed E-state index contributed by atoms with van der Waals surface area (Å²) in [6.45, 7) is 3.15. The summed E-state index contributed by atoms with van der Waals surface area (Å²) in [6.07, 6.45) is 6.72. The summed E-state index contributed by atoms with van der Waals surface area (Å²) in [4.78, 5) is 0. The van der Waals surface area contributed by atoms with Gasteiger partial charge in [0.2, 0.25) is 0 Å². The van der Waals surface area contributed by atoms with Crippen molar-refractivity contribution in [2.75, 3.05) is 6.61 Å². The van der Waals surface area contributed by atoms with Crippen molar-refractivity contribution in [3.8, 4) is 0 Å². The average molecular weight is 136 g/mol. The second-order valence-electron chi connectivity index (χ2n) is 3.11. The molecule has 2 aliphatic rings. The minimum atomic E-state index is 0.723. The van der Waals surface area contributed by atoms with Crippen LogP contribution in [0.25, 0.3) is 0 Å². The molecule has 0 N–H and O–H groups in total. The molecule has 0 aromatic heterocycles. The van der Waals surface area contributed by atoms with E-state index in [4.69, 9.17) is 4.74 Å². The molecule has 1 heterocycles. The van der Waals surface area contributed by atoms with Crippen molar-refractivity contribution >= 4 is 0 Å². The molecule has 2 rings (SSSR count). The molecule has 10 heavy (non-hydrogen) atoms. The zero-order valence-electron chi connectivity index (χ0n) is 6.26. The lowest BCUT2D eigenvalue weighted by Crippen LogP contribution is -1.97. The highest BCUT2D eigenvalue weighted by Crippen LogP contribution is 2.30. The lowest BCUT2D eigenvalue weighted by atomic mass is 9.94. The number of hydrogen-bond acceptors (Lipinski definition) is 1. The van der Waals surface area contributed by atoms with E-state index in [0.717, 1.165) is 24.7 Å². The fourth-order valence-electron chi connectivity index (χ4n) is 1.59. The van der Waals surface area contributed by atoms with Crippen LogP contribution in [0.15, 0.2) is 23.5 Å². The monoisotopic (exact) mass is 136 g/mol. The molecule has 1 aliphatic carbocycles. The van der Waals surface area contributed by atoms with Crippen LogP contribution in [0.2, 0.25) is 0 Å². The molecule has 0 saturated carbocycles. The van der Waals surface area contributed by atoms with Gasteiger partial charge in [-0.05, 0) is 24.0 Å². The SMILES string of the molecule is C[C@H]1C=CC2=C(CCO2)C1. The van der Waals surface area contributed by atoms with E-state index in [1.54, 1.807) is 0 Å². The molecule has 1 heteroatoms. The standard InChI is InChI=1S/C9H12O/c1-7-2-3-9-8(6-7)4-5-10-9/h2-3,7H,4-6H2,1H3/t7-/m0/s1. The summed E-state index contributed by atoms with van der Waals surface area (Å²) in [5.74, 6) is 1.87. The van der Waals surface area contributed by atoms with Gasteiger partial charge in [0, 0.05) is 6.42 Å². The van der Waals surface area contributed by atoms with Gasteiger partial charge in [-0.1, -0.05) is 13.0 Å². The smallest absolute Gasteiger partial charge is 0.118 e. The quantitative estimate of drug-likeness (QED) is 0.496. The molecular weight excluding hydrogens is 124 g/mol. The van der Waals surface area contributed by atoms with E-state index < -0.39 is 0 Å². The fraction of sp³-hybridized carbons (Fsp3) is 0.556. The molecule has 0 radical (unpaired) electrons. The maximum absolute atomic E-state index is 5.40. The van der Waals surface area contributed by atoms with Crippen LogP contribution in [0, 0.1) is 5.92 Å². The maximum Gasteiger partial charge on any atom is 0.118 e. The lowest BCUT2D eigenvalue weighted by molar-refractivity contribution is 0.256. The number of hydrogen-bond donors (Lipinski definition) is 0. The predicted molar refractivity (Wildman–Crippen MR) is 40.5 cm³/mol. The van der Waals surface area contributed by atoms with E-state index in [2.05, 4.69) is 19.1 Å². The molecule has 1 atom stereocenters. The van der Waals surface area contributed by atoms with Gasteiger partial charge in [0.15, 0.2) is 0 Å². The number of rotatable bonds is 0. The minimum absolute atomic E-state index is 0.723. The molecule has 0 spiro atoms. The van der Waals surface area contributed by atoms with E-state index in [1.807, 2.05) is 0 Å². The molecule has 0 amide bonds. The Bertz CT molecular complexity index is 201. The van der Waals surface area contributed by atoms with Gasteiger partial charge in [0.1, 0.15) is 5.76 Å². The topological polar surface area (TPSA) is 9.23 Å². The fourth-order valence-corrected chi connectivity index (χ4v) is 1.59. The first-order valence-electron chi connectivity index (χ1n) is 3.89. The first kappa shape index (κ1) is 6.02. The van der Waals surface area contributed by atoms with Gasteiger partial charge in [-0.25, -0.2) is 0 Å². The molecule has 54 valence electrons. The minimum Gasteiger partial charge on any atom is -0.493 e. The normalized spacial score (nSPS) is 30.3. The predicted octanol–water partition coefficient (Wildman–Crippen LogP) is 2.26. The zero-order chi connectivity index (χ0) is 6.97. The molecule has 1 nitrogen and oxygen atoms in total. The van der Waals surface area contributed by atoms with E-state index in [-0.39, 0.29) is 0 Å². The summed E-state index contributed by atoms with van der Waals surface area (Å²) in [5.41, 5.74) is 1.52. The summed E-state index contributed by atoms with van der Waals surface area (Å²) in [5, 5.41) is 0. The van der Waals surface area contributed by atoms with Crippen LogP contribution < -0.4 is 0 Å². The van der Waals surface area contributed by atoms with Gasteiger partial charge < -0.3 is 4.74 Å². The van der Waals surface area contributed by atoms with Crippen molar-refractivity contribution in [2.45, 2.75) is 19.8 Å². The van der Waals surface area contributed by atoms with Crippen molar-refractivity contribution in [3.05, 3.63) is 23.5 Å². The first-order valence-corrected chi connectivity index (χ1v) is 3.89. The summed E-state index contributed by atoms with van der Waals surface area (Å²) >= 11 is 0. The van der Waals surface area contributed by atoms with Gasteiger partial charge in [-0.3, -0.25) is 0 Å². The Morgan fingerprint density at radius 2 is 2.50 bits per heavy atom. The molecule has 0 bridgehead atoms. The molecule has 0 aromatic rings. The summed E-state index contributed by atoms with van der Waals surface area (Å²) in [7, 11) is 0. The highest BCUT2D eigenvalue weighted by atomic mass is 16.5. The second-order valence-corrected chi connectivity index (χ2v) is 3.11. The van der Waals surface area contributed by atoms with Gasteiger partial charge >= 0.3 is 0 Å². The third-order valence-corrected chi connectivity index (χ3v) is 2.15. The van der Waals surface area contributed by atoms with Crippen molar-refractivity contribution in [3.63, 3.8) is 0 Å². The Labute approximate surface area is 61.4 Å². The Balaban J connectivity index is 2.22. The van der Waals surface area contributed by atoms with Crippen LogP contribution in [-0.4, -0.2) is 6.61 Å². The molecule has 0 aromatic carbocycles. The van der Waals surface area contributed by atoms with Crippen LogP contribution in [0.1, 0.15) is 19.8 Å². The second kappa shape index (κ2) is 2.15. The highest BCUT2D eigenvalue weighted by Gasteiger charge is 2.18. The summed E-state index contributed by atoms with van der Waals surface area (Å²) in [6, 6.07) is 0. The van der Waals surface area contributed by atoms with E-state index in [1.165, 1.54) is 12.0 Å². The van der Waals surface area contributed by atoms with Crippen molar-refractivity contribution in [2.24, 2.45) is 5.92 Å². The Morgan fingerprint density at radius 1 is 1.60 bits per heavy atom. The molecule has 0 fully saturated rings. The van der Waals surface area contributed by atoms with E-state index in [0.29, 0.717) is 0 Å². The zero-order valence-corrected chi connectivity index (χ0v) is 6.26. The maximum atomic E-state index is 5.40. The van der Waals surface area contributed by atoms with E-state index in [9.17, 15) is 0 Å². The molecule has 0 saturated heterocycles. The number of ether oxygens (including phenoxy) is 1. The van der Waals surface area contributed by atoms with Crippen LogP contribution in [0.5, 0.6) is 0 Å². The van der Waals surface area contributed by atoms with Crippen molar-refractivity contribution in [1.82, 2.24) is 0 Å². The largest absolute Gasteiger partial charge is 0.493 e. The van der Waals surface area contributed by atoms with Gasteiger partial charge in [0.25, 0.3) is 0 Å². The molecule has 1 aliphatic heterocycles. The van der Waals surface area contributed by atoms with Crippen LogP contribution >= 0.6 is 0 Å². The van der Waals surface area contributed by atoms with Crippen LogP contribution in [-0.2, 0) is 4.74 Å². The van der Waals surface area contributed by atoms with Gasteiger partial charge in [0.05, 0.1) is 6.61 Å². The Kier molecular flexibility index (Phi) is 1.30. The summed E-state index contributed by atoms with van der Waals surface area (Å²) < 4.78 is 5.40. The Hall–Kier alpha value is -0.720. The molecular formula is C9H12O. The van der Waals surface area contributed by atoms with Crippen LogP contribution in [0.4, 0.5) is 0 Å². The third kappa shape index (κ3) is 0.859. The lowest BCUT2D eigenvalue weighted by Gasteiger charge is -2.11. The Morgan fingerprint density at radius 3 is 3.40 bits per heavy atom. The van der Waals surface area contributed by atoms with Crippen molar-refractivity contribution in [1.29, 1.82) is 0 Å². The first-order chi connectivity index (χ1) is 4.86. The van der Waals surface area contributed by atoms with Gasteiger partial charge in [-0.15, -0.1) is 0 Å². The van der Waals surface area contributed by atoms with Gasteiger partial charge in [-0.2, -0.15) is 0 Å². The van der Waals surface area contributed by atoms with Crippen LogP contribution in [0.3, 0.4) is 0 Å². The number of allylic oxidation sites excluding steroid dienone is 2. The highest BCUT2D eigenvalue weighted by molar-refractivity contribution is 5.28.